The van der Waals surface area contributed by atoms with E-state index in [0.717, 1.165) is 222 Å². The van der Waals surface area contributed by atoms with Gasteiger partial charge in [-0.25, -0.2) is 29.9 Å². The molecule has 0 unspecified atom stereocenters. The molecule has 0 saturated heterocycles. The van der Waals surface area contributed by atoms with Crippen LogP contribution >= 0.6 is 0 Å². The molecule has 8 rings (SSSR count). The number of aromatic nitrogens is 6. The molecule has 2 aromatic heterocycles. The zero-order chi connectivity index (χ0) is 56.1. The van der Waals surface area contributed by atoms with E-state index in [9.17, 15) is 0 Å². The second kappa shape index (κ2) is 30.8. The molecule has 0 amide bonds. The summed E-state index contributed by atoms with van der Waals surface area (Å²) < 4.78 is 0. The summed E-state index contributed by atoms with van der Waals surface area (Å²) in [5.41, 5.74) is 19.4. The summed E-state index contributed by atoms with van der Waals surface area (Å²) in [6.45, 7) is 18.2. The fraction of sp³-hybridized carbons (Fsp3) is 0.432. The smallest absolute Gasteiger partial charge is 0.164 e. The Hall–Kier alpha value is -6.66. The molecular weight excluding hydrogens is 973 g/mol. The van der Waals surface area contributed by atoms with Gasteiger partial charge in [-0.3, -0.25) is 0 Å². The number of unbranched alkanes of at least 4 members (excludes halogenated alkanes) is 8. The van der Waals surface area contributed by atoms with Crippen molar-refractivity contribution >= 4 is 0 Å². The van der Waals surface area contributed by atoms with Crippen molar-refractivity contribution in [2.75, 3.05) is 0 Å². The van der Waals surface area contributed by atoms with E-state index < -0.39 is 0 Å². The Bertz CT molecular complexity index is 2720. The van der Waals surface area contributed by atoms with Gasteiger partial charge in [0.05, 0.1) is 0 Å². The lowest BCUT2D eigenvalue weighted by atomic mass is 9.97. The fourth-order valence-electron chi connectivity index (χ4n) is 10.9. The van der Waals surface area contributed by atoms with E-state index in [-0.39, 0.29) is 0 Å². The van der Waals surface area contributed by atoms with Gasteiger partial charge in [-0.15, -0.1) is 0 Å². The summed E-state index contributed by atoms with van der Waals surface area (Å²) in [7, 11) is 0. The Morgan fingerprint density at radius 3 is 0.500 bits per heavy atom. The lowest BCUT2D eigenvalue weighted by Gasteiger charge is -2.14. The molecule has 0 spiro atoms. The zero-order valence-electron chi connectivity index (χ0n) is 50.2. The first kappa shape index (κ1) is 59.5. The maximum Gasteiger partial charge on any atom is 0.164 e. The highest BCUT2D eigenvalue weighted by molar-refractivity contribution is 5.74. The van der Waals surface area contributed by atoms with Crippen LogP contribution in [0, 0.1) is 0 Å². The molecule has 6 heteroatoms. The molecule has 8 aromatic rings. The minimum absolute atomic E-state index is 0.693. The maximum atomic E-state index is 5.35. The first-order chi connectivity index (χ1) is 39.2. The van der Waals surface area contributed by atoms with Gasteiger partial charge in [0.1, 0.15) is 0 Å². The number of hydrogen-bond donors (Lipinski definition) is 0. The SMILES string of the molecule is CCCCc1cc(CCCC)cc(-c2nc(-c3ccc(-c4ccc(-c5nc(-c6cc(CCCC)cc(CCCC)c6)nc(-c6cc(CCCC)cc(CCCC)c6)n5)cc4)cc3)nc(-c3cc(CCCC)cc(CCCC)c3)n2)c1. The highest BCUT2D eigenvalue weighted by Crippen LogP contribution is 2.33. The van der Waals surface area contributed by atoms with Crippen molar-refractivity contribution in [3.05, 3.63) is 166 Å². The van der Waals surface area contributed by atoms with Crippen LogP contribution in [-0.4, -0.2) is 29.9 Å². The third-order valence-corrected chi connectivity index (χ3v) is 15.7. The molecular formula is C74H92N6. The van der Waals surface area contributed by atoms with Gasteiger partial charge < -0.3 is 0 Å². The summed E-state index contributed by atoms with van der Waals surface area (Å²) in [4.78, 5) is 32.0. The van der Waals surface area contributed by atoms with Crippen molar-refractivity contribution < 1.29 is 0 Å². The molecule has 0 bridgehead atoms. The molecule has 0 saturated carbocycles. The summed E-state index contributed by atoms with van der Waals surface area (Å²) in [5, 5.41) is 0. The lowest BCUT2D eigenvalue weighted by molar-refractivity contribution is 0.780. The van der Waals surface area contributed by atoms with Crippen molar-refractivity contribution in [3.63, 3.8) is 0 Å². The predicted molar refractivity (Wildman–Crippen MR) is 340 cm³/mol. The van der Waals surface area contributed by atoms with Crippen LogP contribution in [0.2, 0.25) is 0 Å². The molecule has 0 N–H and O–H groups in total. The maximum absolute atomic E-state index is 5.35. The summed E-state index contributed by atoms with van der Waals surface area (Å²) >= 11 is 0. The highest BCUT2D eigenvalue weighted by Gasteiger charge is 2.19. The number of aryl methyl sites for hydroxylation is 8. The standard InChI is InChI=1S/C74H92N6/c1-9-17-25-53-41-54(26-18-10-2)46-65(45-53)71-75-69(76-72(79-71)66-47-55(27-19-11-3)42-56(48-66)28-20-12-4)63-37-33-61(34-38-63)62-35-39-64(40-36-62)70-77-73(67-49-57(29-21-13-5)43-58(50-67)30-22-14-6)80-74(78-70)68-51-59(31-23-15-7)44-60(52-68)32-24-16-8/h33-52H,9-32H2,1-8H3. The van der Waals surface area contributed by atoms with Crippen LogP contribution in [0.3, 0.4) is 0 Å². The van der Waals surface area contributed by atoms with Gasteiger partial charge in [-0.2, -0.15) is 0 Å². The summed E-state index contributed by atoms with van der Waals surface area (Å²) in [6.07, 6.45) is 27.0. The highest BCUT2D eigenvalue weighted by atomic mass is 15.0. The Morgan fingerprint density at radius 1 is 0.188 bits per heavy atom. The molecule has 0 aliphatic carbocycles. The number of rotatable bonds is 31. The minimum atomic E-state index is 0.693. The average Bonchev–Trinajstić information content (AvgIpc) is 3.53. The third-order valence-electron chi connectivity index (χ3n) is 15.7. The predicted octanol–water partition coefficient (Wildman–Crippen LogP) is 20.5. The van der Waals surface area contributed by atoms with Crippen LogP contribution in [0.5, 0.6) is 0 Å². The molecule has 6 aromatic carbocycles. The molecule has 0 aliphatic rings. The number of benzene rings is 6. The van der Waals surface area contributed by atoms with Crippen molar-refractivity contribution in [1.82, 2.24) is 29.9 Å². The second-order valence-corrected chi connectivity index (χ2v) is 22.7. The van der Waals surface area contributed by atoms with Gasteiger partial charge >= 0.3 is 0 Å². The van der Waals surface area contributed by atoms with Crippen LogP contribution in [0.25, 0.3) is 79.5 Å². The summed E-state index contributed by atoms with van der Waals surface area (Å²) in [6, 6.07) is 45.8. The minimum Gasteiger partial charge on any atom is -0.208 e. The molecule has 0 aliphatic heterocycles. The Morgan fingerprint density at radius 2 is 0.338 bits per heavy atom. The van der Waals surface area contributed by atoms with Crippen LogP contribution in [-0.2, 0) is 51.4 Å². The number of hydrogen-bond acceptors (Lipinski definition) is 6. The van der Waals surface area contributed by atoms with Crippen molar-refractivity contribution in [1.29, 1.82) is 0 Å². The first-order valence-corrected chi connectivity index (χ1v) is 31.5. The Labute approximate surface area is 482 Å². The summed E-state index contributed by atoms with van der Waals surface area (Å²) in [5.74, 6) is 4.34. The quantitative estimate of drug-likeness (QED) is 0.0431. The molecule has 2 heterocycles. The topological polar surface area (TPSA) is 77.3 Å². The van der Waals surface area contributed by atoms with Gasteiger partial charge in [0.25, 0.3) is 0 Å². The molecule has 80 heavy (non-hydrogen) atoms. The van der Waals surface area contributed by atoms with Crippen LogP contribution < -0.4 is 0 Å². The van der Waals surface area contributed by atoms with Gasteiger partial charge in [-0.05, 0) is 207 Å². The van der Waals surface area contributed by atoms with E-state index in [2.05, 4.69) is 177 Å². The molecule has 0 atom stereocenters. The van der Waals surface area contributed by atoms with E-state index in [1.54, 1.807) is 0 Å². The molecule has 0 fully saturated rings. The number of nitrogens with zero attached hydrogens (tertiary/aromatic N) is 6. The lowest BCUT2D eigenvalue weighted by Crippen LogP contribution is -2.03. The zero-order valence-corrected chi connectivity index (χ0v) is 50.2. The van der Waals surface area contributed by atoms with E-state index >= 15 is 0 Å². The Kier molecular flexibility index (Phi) is 22.9. The van der Waals surface area contributed by atoms with Gasteiger partial charge in [0, 0.05) is 33.4 Å². The van der Waals surface area contributed by atoms with Gasteiger partial charge in [0.2, 0.25) is 0 Å². The van der Waals surface area contributed by atoms with E-state index in [4.69, 9.17) is 29.9 Å². The van der Waals surface area contributed by atoms with E-state index in [0.29, 0.717) is 11.6 Å². The monoisotopic (exact) mass is 1060 g/mol. The van der Waals surface area contributed by atoms with Crippen molar-refractivity contribution in [2.45, 2.75) is 209 Å². The van der Waals surface area contributed by atoms with Gasteiger partial charge in [0.15, 0.2) is 34.9 Å². The normalized spacial score (nSPS) is 11.4. The van der Waals surface area contributed by atoms with Crippen LogP contribution in [0.1, 0.15) is 203 Å². The molecule has 418 valence electrons. The molecule has 0 radical (unpaired) electrons. The van der Waals surface area contributed by atoms with Crippen LogP contribution in [0.15, 0.2) is 121 Å². The fourth-order valence-corrected chi connectivity index (χ4v) is 10.9. The molecule has 6 nitrogen and oxygen atoms in total. The largest absolute Gasteiger partial charge is 0.208 e. The average molecular weight is 1070 g/mol. The second-order valence-electron chi connectivity index (χ2n) is 22.7. The Balaban J connectivity index is 1.18. The first-order valence-electron chi connectivity index (χ1n) is 31.5. The third kappa shape index (κ3) is 16.7. The van der Waals surface area contributed by atoms with E-state index in [1.165, 1.54) is 44.5 Å². The van der Waals surface area contributed by atoms with Crippen LogP contribution in [0.4, 0.5) is 0 Å². The van der Waals surface area contributed by atoms with Gasteiger partial charge in [-0.1, -0.05) is 180 Å². The van der Waals surface area contributed by atoms with Crippen molar-refractivity contribution in [3.8, 4) is 79.5 Å². The van der Waals surface area contributed by atoms with E-state index in [1.807, 2.05) is 0 Å². The van der Waals surface area contributed by atoms with Crippen molar-refractivity contribution in [2.24, 2.45) is 0 Å².